The Balaban J connectivity index is 2.06. The molecule has 0 radical (unpaired) electrons. The number of hydrazine groups is 1. The van der Waals surface area contributed by atoms with Gasteiger partial charge in [0.2, 0.25) is 0 Å². The zero-order valence-electron chi connectivity index (χ0n) is 10.3. The summed E-state index contributed by atoms with van der Waals surface area (Å²) in [6.45, 7) is 2.07. The van der Waals surface area contributed by atoms with Crippen LogP contribution in [0.4, 0.5) is 0 Å². The summed E-state index contributed by atoms with van der Waals surface area (Å²) in [5.41, 5.74) is 4.92. The average Bonchev–Trinajstić information content (AvgIpc) is 2.96. The van der Waals surface area contributed by atoms with Gasteiger partial charge in [0.05, 0.1) is 0 Å². The van der Waals surface area contributed by atoms with Gasteiger partial charge in [0.25, 0.3) is 0 Å². The predicted molar refractivity (Wildman–Crippen MR) is 82.1 cm³/mol. The van der Waals surface area contributed by atoms with E-state index in [2.05, 4.69) is 34.3 Å². The lowest BCUT2D eigenvalue weighted by Gasteiger charge is -2.10. The third kappa shape index (κ3) is 2.47. The van der Waals surface area contributed by atoms with E-state index in [1.807, 2.05) is 29.6 Å². The molecule has 0 aliphatic carbocycles. The highest BCUT2D eigenvalue weighted by Gasteiger charge is 2.18. The number of hydrogen-bond acceptors (Lipinski definition) is 4. The average molecular weight is 337 g/mol. The van der Waals surface area contributed by atoms with Crippen molar-refractivity contribution in [3.8, 4) is 0 Å². The summed E-state index contributed by atoms with van der Waals surface area (Å²) < 4.78 is 6.94. The van der Waals surface area contributed by atoms with Crippen LogP contribution in [0.25, 0.3) is 11.0 Å². The van der Waals surface area contributed by atoms with E-state index in [0.717, 1.165) is 26.1 Å². The molecule has 0 saturated heterocycles. The largest absolute Gasteiger partial charge is 0.459 e. The van der Waals surface area contributed by atoms with Crippen LogP contribution in [0.15, 0.2) is 44.6 Å². The quantitative estimate of drug-likeness (QED) is 0.558. The molecule has 5 heteroatoms. The van der Waals surface area contributed by atoms with Crippen molar-refractivity contribution in [3.63, 3.8) is 0 Å². The van der Waals surface area contributed by atoms with E-state index in [0.29, 0.717) is 0 Å². The lowest BCUT2D eigenvalue weighted by Crippen LogP contribution is -2.27. The number of rotatable bonds is 3. The van der Waals surface area contributed by atoms with Crippen molar-refractivity contribution in [2.45, 2.75) is 13.0 Å². The van der Waals surface area contributed by atoms with Gasteiger partial charge < -0.3 is 4.42 Å². The summed E-state index contributed by atoms with van der Waals surface area (Å²) in [7, 11) is 0. The van der Waals surface area contributed by atoms with Crippen molar-refractivity contribution in [1.82, 2.24) is 5.43 Å². The molecule has 2 aromatic heterocycles. The standard InChI is InChI=1S/C14H13BrN2OS/c1-8-2-3-11-9(4-8)5-12(18-11)14(17-16)13-6-10(15)7-19-13/h2-7,14,17H,16H2,1H3. The minimum Gasteiger partial charge on any atom is -0.459 e. The van der Waals surface area contributed by atoms with Crippen molar-refractivity contribution in [2.24, 2.45) is 5.84 Å². The second kappa shape index (κ2) is 5.09. The number of thiophene rings is 1. The first-order valence-electron chi connectivity index (χ1n) is 5.87. The monoisotopic (exact) mass is 336 g/mol. The van der Waals surface area contributed by atoms with Crippen molar-refractivity contribution in [1.29, 1.82) is 0 Å². The van der Waals surface area contributed by atoms with Crippen molar-refractivity contribution < 1.29 is 4.42 Å². The van der Waals surface area contributed by atoms with Crippen molar-refractivity contribution >= 4 is 38.2 Å². The van der Waals surface area contributed by atoms with Crippen molar-refractivity contribution in [2.75, 3.05) is 0 Å². The van der Waals surface area contributed by atoms with Gasteiger partial charge in [-0.25, -0.2) is 5.43 Å². The molecule has 19 heavy (non-hydrogen) atoms. The molecule has 2 heterocycles. The normalized spacial score (nSPS) is 13.0. The molecule has 0 spiro atoms. The van der Waals surface area contributed by atoms with E-state index in [1.54, 1.807) is 11.3 Å². The van der Waals surface area contributed by atoms with Gasteiger partial charge >= 0.3 is 0 Å². The molecule has 3 rings (SSSR count). The van der Waals surface area contributed by atoms with Gasteiger partial charge in [0.1, 0.15) is 17.4 Å². The molecule has 0 fully saturated rings. The fourth-order valence-corrected chi connectivity index (χ4v) is 3.62. The maximum absolute atomic E-state index is 5.89. The summed E-state index contributed by atoms with van der Waals surface area (Å²) in [5.74, 6) is 6.51. The van der Waals surface area contributed by atoms with E-state index in [1.165, 1.54) is 5.56 Å². The molecule has 1 aromatic carbocycles. The van der Waals surface area contributed by atoms with Gasteiger partial charge in [-0.15, -0.1) is 11.3 Å². The SMILES string of the molecule is Cc1ccc2oc(C(NN)c3cc(Br)cs3)cc2c1. The Labute approximate surface area is 123 Å². The molecule has 1 atom stereocenters. The first kappa shape index (κ1) is 12.9. The number of nitrogens with two attached hydrogens (primary N) is 1. The van der Waals surface area contributed by atoms with Gasteiger partial charge in [0.15, 0.2) is 0 Å². The highest BCUT2D eigenvalue weighted by atomic mass is 79.9. The number of aryl methyl sites for hydroxylation is 1. The van der Waals surface area contributed by atoms with Crippen LogP contribution < -0.4 is 11.3 Å². The van der Waals surface area contributed by atoms with Gasteiger partial charge in [-0.3, -0.25) is 5.84 Å². The molecule has 0 aliphatic heterocycles. The molecule has 3 nitrogen and oxygen atoms in total. The third-order valence-electron chi connectivity index (χ3n) is 3.01. The van der Waals surface area contributed by atoms with Gasteiger partial charge in [-0.1, -0.05) is 11.6 Å². The highest BCUT2D eigenvalue weighted by molar-refractivity contribution is 9.10. The number of hydrogen-bond donors (Lipinski definition) is 2. The van der Waals surface area contributed by atoms with Crippen LogP contribution in [0.2, 0.25) is 0 Å². The Morgan fingerprint density at radius 3 is 2.84 bits per heavy atom. The maximum Gasteiger partial charge on any atom is 0.134 e. The number of benzene rings is 1. The lowest BCUT2D eigenvalue weighted by molar-refractivity contribution is 0.481. The Bertz CT molecular complexity index is 719. The van der Waals surface area contributed by atoms with Crippen LogP contribution in [0.3, 0.4) is 0 Å². The summed E-state index contributed by atoms with van der Waals surface area (Å²) in [5, 5.41) is 3.14. The number of furan rings is 1. The van der Waals surface area contributed by atoms with Crippen LogP contribution in [-0.2, 0) is 0 Å². The number of halogens is 1. The topological polar surface area (TPSA) is 51.2 Å². The van der Waals surface area contributed by atoms with E-state index >= 15 is 0 Å². The van der Waals surface area contributed by atoms with Gasteiger partial charge in [0, 0.05) is 20.1 Å². The molecule has 0 amide bonds. The Hall–Kier alpha value is -1.14. The second-order valence-electron chi connectivity index (χ2n) is 4.46. The fraction of sp³-hybridized carbons (Fsp3) is 0.143. The van der Waals surface area contributed by atoms with Crippen molar-refractivity contribution in [3.05, 3.63) is 56.4 Å². The van der Waals surface area contributed by atoms with Crippen LogP contribution in [-0.4, -0.2) is 0 Å². The smallest absolute Gasteiger partial charge is 0.134 e. The van der Waals surface area contributed by atoms with Crippen LogP contribution in [0.1, 0.15) is 22.2 Å². The molecule has 3 aromatic rings. The first-order valence-corrected chi connectivity index (χ1v) is 7.55. The maximum atomic E-state index is 5.89. The fourth-order valence-electron chi connectivity index (χ4n) is 2.11. The van der Waals surface area contributed by atoms with Crippen LogP contribution in [0, 0.1) is 6.92 Å². The summed E-state index contributed by atoms with van der Waals surface area (Å²) >= 11 is 5.10. The minimum atomic E-state index is -0.121. The Morgan fingerprint density at radius 1 is 1.32 bits per heavy atom. The number of fused-ring (bicyclic) bond motifs is 1. The van der Waals surface area contributed by atoms with Crippen LogP contribution >= 0.6 is 27.3 Å². The molecule has 3 N–H and O–H groups in total. The van der Waals surface area contributed by atoms with E-state index in [9.17, 15) is 0 Å². The summed E-state index contributed by atoms with van der Waals surface area (Å²) in [6, 6.07) is 10.1. The second-order valence-corrected chi connectivity index (χ2v) is 6.32. The Morgan fingerprint density at radius 2 is 2.16 bits per heavy atom. The van der Waals surface area contributed by atoms with E-state index in [-0.39, 0.29) is 6.04 Å². The summed E-state index contributed by atoms with van der Waals surface area (Å²) in [6.07, 6.45) is 0. The molecule has 1 unspecified atom stereocenters. The first-order chi connectivity index (χ1) is 9.17. The van der Waals surface area contributed by atoms with Gasteiger partial charge in [-0.05, 0) is 47.1 Å². The molecule has 0 aliphatic rings. The number of nitrogens with one attached hydrogen (secondary N) is 1. The molecule has 0 saturated carbocycles. The van der Waals surface area contributed by atoms with Crippen LogP contribution in [0.5, 0.6) is 0 Å². The van der Waals surface area contributed by atoms with E-state index < -0.39 is 0 Å². The highest BCUT2D eigenvalue weighted by Crippen LogP contribution is 2.32. The minimum absolute atomic E-state index is 0.121. The van der Waals surface area contributed by atoms with E-state index in [4.69, 9.17) is 10.3 Å². The molecule has 0 bridgehead atoms. The molecular weight excluding hydrogens is 324 g/mol. The third-order valence-corrected chi connectivity index (χ3v) is 4.77. The predicted octanol–water partition coefficient (Wildman–Crippen LogP) is 4.12. The van der Waals surface area contributed by atoms with Gasteiger partial charge in [-0.2, -0.15) is 0 Å². The lowest BCUT2D eigenvalue weighted by atomic mass is 10.1. The zero-order chi connectivity index (χ0) is 13.4. The molecule has 98 valence electrons. The zero-order valence-corrected chi connectivity index (χ0v) is 12.7. The molecular formula is C14H13BrN2OS. The summed E-state index contributed by atoms with van der Waals surface area (Å²) in [4.78, 5) is 1.12. The Kier molecular flexibility index (Phi) is 3.45.